The van der Waals surface area contributed by atoms with Gasteiger partial charge in [0, 0.05) is 23.8 Å². The SMILES string of the molecule is CCc1ccc(CNc2ccc3ncccc3c2)cc1. The molecule has 0 spiro atoms. The molecule has 0 aliphatic heterocycles. The summed E-state index contributed by atoms with van der Waals surface area (Å²) in [5.41, 5.74) is 4.84. The zero-order chi connectivity index (χ0) is 13.8. The lowest BCUT2D eigenvalue weighted by atomic mass is 10.1. The molecule has 1 heterocycles. The third kappa shape index (κ3) is 2.80. The van der Waals surface area contributed by atoms with Crippen molar-refractivity contribution in [3.8, 4) is 0 Å². The molecule has 100 valence electrons. The van der Waals surface area contributed by atoms with Crippen molar-refractivity contribution in [1.82, 2.24) is 4.98 Å². The molecule has 0 fully saturated rings. The van der Waals surface area contributed by atoms with Gasteiger partial charge in [0.2, 0.25) is 0 Å². The Morgan fingerprint density at radius 1 is 0.950 bits per heavy atom. The molecular formula is C18H18N2. The van der Waals surface area contributed by atoms with Gasteiger partial charge in [0.15, 0.2) is 0 Å². The van der Waals surface area contributed by atoms with Crippen molar-refractivity contribution < 1.29 is 0 Å². The van der Waals surface area contributed by atoms with E-state index >= 15 is 0 Å². The quantitative estimate of drug-likeness (QED) is 0.753. The molecule has 2 heteroatoms. The number of rotatable bonds is 4. The molecule has 0 bridgehead atoms. The molecule has 0 aliphatic rings. The molecule has 0 radical (unpaired) electrons. The summed E-state index contributed by atoms with van der Waals surface area (Å²) in [5.74, 6) is 0. The van der Waals surface area contributed by atoms with Gasteiger partial charge in [-0.2, -0.15) is 0 Å². The van der Waals surface area contributed by atoms with E-state index in [4.69, 9.17) is 0 Å². The van der Waals surface area contributed by atoms with Crippen LogP contribution in [-0.4, -0.2) is 4.98 Å². The average molecular weight is 262 g/mol. The zero-order valence-corrected chi connectivity index (χ0v) is 11.6. The zero-order valence-electron chi connectivity index (χ0n) is 11.6. The fourth-order valence-electron chi connectivity index (χ4n) is 2.28. The van der Waals surface area contributed by atoms with Crippen molar-refractivity contribution in [2.24, 2.45) is 0 Å². The van der Waals surface area contributed by atoms with Gasteiger partial charge in [-0.25, -0.2) is 0 Å². The number of hydrogen-bond donors (Lipinski definition) is 1. The first-order chi connectivity index (χ1) is 9.85. The molecule has 20 heavy (non-hydrogen) atoms. The number of aryl methyl sites for hydroxylation is 1. The van der Waals surface area contributed by atoms with Crippen LogP contribution in [0.1, 0.15) is 18.1 Å². The molecular weight excluding hydrogens is 244 g/mol. The van der Waals surface area contributed by atoms with E-state index in [0.29, 0.717) is 0 Å². The molecule has 2 nitrogen and oxygen atoms in total. The largest absolute Gasteiger partial charge is 0.381 e. The summed E-state index contributed by atoms with van der Waals surface area (Å²) in [7, 11) is 0. The lowest BCUT2D eigenvalue weighted by Gasteiger charge is -2.08. The maximum absolute atomic E-state index is 4.33. The van der Waals surface area contributed by atoms with Crippen molar-refractivity contribution in [1.29, 1.82) is 0 Å². The van der Waals surface area contributed by atoms with Crippen LogP contribution in [0.15, 0.2) is 60.8 Å². The number of pyridine rings is 1. The Labute approximate surface area is 119 Å². The molecule has 2 aromatic carbocycles. The Morgan fingerprint density at radius 2 is 1.75 bits per heavy atom. The highest BCUT2D eigenvalue weighted by Gasteiger charge is 1.98. The molecule has 0 saturated carbocycles. The summed E-state index contributed by atoms with van der Waals surface area (Å²) in [4.78, 5) is 4.33. The average Bonchev–Trinajstić information content (AvgIpc) is 2.53. The predicted octanol–water partition coefficient (Wildman–Crippen LogP) is 4.41. The highest BCUT2D eigenvalue weighted by Crippen LogP contribution is 2.17. The number of aromatic nitrogens is 1. The van der Waals surface area contributed by atoms with Gasteiger partial charge in [-0.1, -0.05) is 37.3 Å². The molecule has 0 atom stereocenters. The topological polar surface area (TPSA) is 24.9 Å². The summed E-state index contributed by atoms with van der Waals surface area (Å²) in [6, 6.07) is 19.1. The van der Waals surface area contributed by atoms with E-state index in [1.807, 2.05) is 12.3 Å². The minimum absolute atomic E-state index is 0.843. The van der Waals surface area contributed by atoms with Gasteiger partial charge in [0.05, 0.1) is 5.52 Å². The van der Waals surface area contributed by atoms with Crippen LogP contribution in [0.4, 0.5) is 5.69 Å². The monoisotopic (exact) mass is 262 g/mol. The van der Waals surface area contributed by atoms with E-state index in [1.54, 1.807) is 0 Å². The summed E-state index contributed by atoms with van der Waals surface area (Å²) >= 11 is 0. The second-order valence-electron chi connectivity index (χ2n) is 4.93. The first-order valence-electron chi connectivity index (χ1n) is 7.01. The van der Waals surface area contributed by atoms with Crippen molar-refractivity contribution in [2.45, 2.75) is 19.9 Å². The summed E-state index contributed by atoms with van der Waals surface area (Å²) in [6.07, 6.45) is 2.91. The Balaban J connectivity index is 1.72. The fourth-order valence-corrected chi connectivity index (χ4v) is 2.28. The molecule has 0 saturated heterocycles. The van der Waals surface area contributed by atoms with Gasteiger partial charge < -0.3 is 5.32 Å². The van der Waals surface area contributed by atoms with Crippen molar-refractivity contribution in [3.63, 3.8) is 0 Å². The van der Waals surface area contributed by atoms with Gasteiger partial charge >= 0.3 is 0 Å². The van der Waals surface area contributed by atoms with E-state index in [2.05, 4.69) is 65.8 Å². The second kappa shape index (κ2) is 5.74. The van der Waals surface area contributed by atoms with Gasteiger partial charge in [-0.3, -0.25) is 4.98 Å². The highest BCUT2D eigenvalue weighted by atomic mass is 14.9. The third-order valence-corrected chi connectivity index (χ3v) is 3.53. The van der Waals surface area contributed by atoms with Gasteiger partial charge in [0.25, 0.3) is 0 Å². The maximum Gasteiger partial charge on any atom is 0.0703 e. The summed E-state index contributed by atoms with van der Waals surface area (Å²) in [5, 5.41) is 4.63. The molecule has 3 rings (SSSR count). The van der Waals surface area contributed by atoms with Crippen LogP contribution in [0.5, 0.6) is 0 Å². The fraction of sp³-hybridized carbons (Fsp3) is 0.167. The Morgan fingerprint density at radius 3 is 2.55 bits per heavy atom. The van der Waals surface area contributed by atoms with Gasteiger partial charge in [-0.05, 0) is 41.8 Å². The van der Waals surface area contributed by atoms with E-state index in [-0.39, 0.29) is 0 Å². The third-order valence-electron chi connectivity index (χ3n) is 3.53. The normalized spacial score (nSPS) is 10.7. The van der Waals surface area contributed by atoms with Crippen molar-refractivity contribution in [2.75, 3.05) is 5.32 Å². The molecule has 0 amide bonds. The van der Waals surface area contributed by atoms with E-state index in [9.17, 15) is 0 Å². The van der Waals surface area contributed by atoms with Crippen LogP contribution in [0, 0.1) is 0 Å². The number of fused-ring (bicyclic) bond motifs is 1. The van der Waals surface area contributed by atoms with Gasteiger partial charge in [-0.15, -0.1) is 0 Å². The first-order valence-corrected chi connectivity index (χ1v) is 7.01. The smallest absolute Gasteiger partial charge is 0.0703 e. The number of benzene rings is 2. The van der Waals surface area contributed by atoms with E-state index < -0.39 is 0 Å². The second-order valence-corrected chi connectivity index (χ2v) is 4.93. The molecule has 1 N–H and O–H groups in total. The Kier molecular flexibility index (Phi) is 3.64. The standard InChI is InChI=1S/C18H18N2/c1-2-14-5-7-15(8-6-14)13-20-17-9-10-18-16(12-17)4-3-11-19-18/h3-12,20H,2,13H2,1H3. The van der Waals surface area contributed by atoms with Crippen LogP contribution < -0.4 is 5.32 Å². The first kappa shape index (κ1) is 12.7. The minimum atomic E-state index is 0.843. The molecule has 1 aromatic heterocycles. The Hall–Kier alpha value is -2.35. The number of hydrogen-bond acceptors (Lipinski definition) is 2. The van der Waals surface area contributed by atoms with Crippen molar-refractivity contribution in [3.05, 3.63) is 71.9 Å². The lowest BCUT2D eigenvalue weighted by Crippen LogP contribution is -1.99. The van der Waals surface area contributed by atoms with Crippen LogP contribution in [-0.2, 0) is 13.0 Å². The van der Waals surface area contributed by atoms with E-state index in [0.717, 1.165) is 24.2 Å². The number of nitrogens with zero attached hydrogens (tertiary/aromatic N) is 1. The van der Waals surface area contributed by atoms with Crippen molar-refractivity contribution >= 4 is 16.6 Å². The maximum atomic E-state index is 4.33. The number of anilines is 1. The number of nitrogens with one attached hydrogen (secondary N) is 1. The van der Waals surface area contributed by atoms with Crippen LogP contribution >= 0.6 is 0 Å². The van der Waals surface area contributed by atoms with E-state index in [1.165, 1.54) is 16.5 Å². The molecule has 0 aliphatic carbocycles. The summed E-state index contributed by atoms with van der Waals surface area (Å²) < 4.78 is 0. The summed E-state index contributed by atoms with van der Waals surface area (Å²) in [6.45, 7) is 3.02. The van der Waals surface area contributed by atoms with Crippen LogP contribution in [0.3, 0.4) is 0 Å². The molecule has 0 unspecified atom stereocenters. The Bertz CT molecular complexity index is 702. The highest BCUT2D eigenvalue weighted by molar-refractivity contribution is 5.82. The predicted molar refractivity (Wildman–Crippen MR) is 84.9 cm³/mol. The van der Waals surface area contributed by atoms with Gasteiger partial charge in [0.1, 0.15) is 0 Å². The minimum Gasteiger partial charge on any atom is -0.381 e. The lowest BCUT2D eigenvalue weighted by molar-refractivity contribution is 1.11. The molecule has 3 aromatic rings. The van der Waals surface area contributed by atoms with Crippen LogP contribution in [0.2, 0.25) is 0 Å². The van der Waals surface area contributed by atoms with Crippen LogP contribution in [0.25, 0.3) is 10.9 Å².